The van der Waals surface area contributed by atoms with Crippen molar-refractivity contribution in [3.8, 4) is 33.4 Å². The van der Waals surface area contributed by atoms with Crippen LogP contribution in [0.5, 0.6) is 0 Å². The maximum absolute atomic E-state index is 2.52. The lowest BCUT2D eigenvalue weighted by Crippen LogP contribution is -2.16. The van der Waals surface area contributed by atoms with Crippen LogP contribution in [0.15, 0.2) is 188 Å². The van der Waals surface area contributed by atoms with Gasteiger partial charge in [-0.25, -0.2) is 0 Å². The van der Waals surface area contributed by atoms with Crippen molar-refractivity contribution >= 4 is 70.1 Å². The molecule has 10 aromatic rings. The summed E-state index contributed by atoms with van der Waals surface area (Å²) in [5.41, 5.74) is 13.8. The van der Waals surface area contributed by atoms with Crippen LogP contribution in [-0.4, -0.2) is 0 Å². The summed E-state index contributed by atoms with van der Waals surface area (Å²) in [5.74, 6) is 0. The molecular formula is C53H37NS. The molecule has 0 aliphatic heterocycles. The van der Waals surface area contributed by atoms with Gasteiger partial charge < -0.3 is 4.90 Å². The lowest BCUT2D eigenvalue weighted by molar-refractivity contribution is 0.661. The van der Waals surface area contributed by atoms with Crippen LogP contribution in [0, 0.1) is 0 Å². The second kappa shape index (κ2) is 12.3. The fourth-order valence-electron chi connectivity index (χ4n) is 9.28. The minimum atomic E-state index is -0.131. The first-order chi connectivity index (χ1) is 27.1. The highest BCUT2D eigenvalue weighted by Crippen LogP contribution is 2.57. The molecule has 11 rings (SSSR count). The van der Waals surface area contributed by atoms with Crippen molar-refractivity contribution in [2.24, 2.45) is 0 Å². The van der Waals surface area contributed by atoms with Crippen LogP contribution >= 0.6 is 11.3 Å². The molecule has 1 heterocycles. The molecule has 0 unspecified atom stereocenters. The van der Waals surface area contributed by atoms with E-state index >= 15 is 0 Å². The Labute approximate surface area is 325 Å². The largest absolute Gasteiger partial charge is 0.309 e. The number of nitrogens with zero attached hydrogens (tertiary/aromatic N) is 1. The van der Waals surface area contributed by atoms with Gasteiger partial charge >= 0.3 is 0 Å². The highest BCUT2D eigenvalue weighted by atomic mass is 32.1. The summed E-state index contributed by atoms with van der Waals surface area (Å²) >= 11 is 1.88. The molecule has 2 heteroatoms. The van der Waals surface area contributed by atoms with Gasteiger partial charge in [-0.2, -0.15) is 0 Å². The van der Waals surface area contributed by atoms with E-state index in [1.165, 1.54) is 91.9 Å². The summed E-state index contributed by atoms with van der Waals surface area (Å²) in [5, 5.41) is 7.64. The second-order valence-electron chi connectivity index (χ2n) is 15.2. The predicted molar refractivity (Wildman–Crippen MR) is 237 cm³/mol. The van der Waals surface area contributed by atoms with Gasteiger partial charge in [0.2, 0.25) is 0 Å². The number of hydrogen-bond donors (Lipinski definition) is 0. The van der Waals surface area contributed by atoms with E-state index in [0.717, 1.165) is 11.4 Å². The number of hydrogen-bond acceptors (Lipinski definition) is 2. The molecule has 1 nitrogen and oxygen atoms in total. The molecule has 0 bridgehead atoms. The van der Waals surface area contributed by atoms with E-state index in [1.807, 2.05) is 11.3 Å². The maximum atomic E-state index is 2.52. The van der Waals surface area contributed by atoms with Crippen LogP contribution in [-0.2, 0) is 5.41 Å². The van der Waals surface area contributed by atoms with Gasteiger partial charge in [0.15, 0.2) is 0 Å². The molecule has 260 valence electrons. The average molecular weight is 720 g/mol. The fourth-order valence-corrected chi connectivity index (χ4v) is 10.4. The van der Waals surface area contributed by atoms with Crippen LogP contribution in [0.25, 0.3) is 75.1 Å². The summed E-state index contributed by atoms with van der Waals surface area (Å²) in [6.45, 7) is 4.76. The fraction of sp³-hybridized carbons (Fsp3) is 0.0566. The van der Waals surface area contributed by atoms with Crippen molar-refractivity contribution in [3.05, 3.63) is 199 Å². The summed E-state index contributed by atoms with van der Waals surface area (Å²) in [6, 6.07) is 69.5. The van der Waals surface area contributed by atoms with Crippen molar-refractivity contribution in [1.29, 1.82) is 0 Å². The minimum absolute atomic E-state index is 0.131. The lowest BCUT2D eigenvalue weighted by atomic mass is 9.81. The van der Waals surface area contributed by atoms with E-state index in [9.17, 15) is 0 Å². The smallest absolute Gasteiger partial charge is 0.0621 e. The van der Waals surface area contributed by atoms with Crippen molar-refractivity contribution in [3.63, 3.8) is 0 Å². The molecular weight excluding hydrogens is 683 g/mol. The number of thiophene rings is 1. The Hall–Kier alpha value is -6.48. The lowest BCUT2D eigenvalue weighted by Gasteiger charge is -2.30. The normalized spacial score (nSPS) is 13.1. The Morgan fingerprint density at radius 1 is 0.418 bits per heavy atom. The Bertz CT molecular complexity index is 3120. The van der Waals surface area contributed by atoms with Crippen molar-refractivity contribution in [2.45, 2.75) is 19.3 Å². The summed E-state index contributed by atoms with van der Waals surface area (Å²) in [7, 11) is 0. The van der Waals surface area contributed by atoms with Gasteiger partial charge in [-0.3, -0.25) is 0 Å². The quantitative estimate of drug-likeness (QED) is 0.171. The molecule has 0 radical (unpaired) electrons. The molecule has 9 aromatic carbocycles. The van der Waals surface area contributed by atoms with Crippen molar-refractivity contribution in [1.82, 2.24) is 0 Å². The van der Waals surface area contributed by atoms with Crippen molar-refractivity contribution in [2.75, 3.05) is 4.90 Å². The number of para-hydroxylation sites is 1. The zero-order valence-electron chi connectivity index (χ0n) is 30.8. The molecule has 1 aliphatic carbocycles. The zero-order valence-corrected chi connectivity index (χ0v) is 31.6. The van der Waals surface area contributed by atoms with E-state index < -0.39 is 0 Å². The van der Waals surface area contributed by atoms with Crippen molar-refractivity contribution < 1.29 is 0 Å². The van der Waals surface area contributed by atoms with Gasteiger partial charge in [0.1, 0.15) is 0 Å². The predicted octanol–water partition coefficient (Wildman–Crippen LogP) is 15.5. The minimum Gasteiger partial charge on any atom is -0.309 e. The van der Waals surface area contributed by atoms with Crippen LogP contribution < -0.4 is 4.90 Å². The molecule has 0 N–H and O–H groups in total. The first kappa shape index (κ1) is 32.0. The molecule has 55 heavy (non-hydrogen) atoms. The number of anilines is 3. The van der Waals surface area contributed by atoms with E-state index in [1.54, 1.807) is 0 Å². The SMILES string of the molecule is CC1(C)c2ccccc2-c2c1cc1ccccc1c2N(c1ccccc1)c1ccc2sc3cccc(-c4ccc(-c5ccccc5)c5ccccc45)c3c2c1. The molecule has 1 aromatic heterocycles. The van der Waals surface area contributed by atoms with Crippen LogP contribution in [0.2, 0.25) is 0 Å². The number of benzene rings is 9. The van der Waals surface area contributed by atoms with Crippen LogP contribution in [0.3, 0.4) is 0 Å². The van der Waals surface area contributed by atoms with Crippen LogP contribution in [0.4, 0.5) is 17.1 Å². The second-order valence-corrected chi connectivity index (χ2v) is 16.3. The van der Waals surface area contributed by atoms with Gasteiger partial charge in [0.05, 0.1) is 5.69 Å². The van der Waals surface area contributed by atoms with Gasteiger partial charge in [-0.15, -0.1) is 11.3 Å². The third kappa shape index (κ3) is 4.85. The standard InChI is InChI=1S/C53H37NS/c1-53(2)46-26-14-13-24-44(46)51-47(53)32-35-18-9-10-21-39(35)52(51)54(36-19-7-4-8-20-36)37-28-31-48-45(33-37)50-43(25-15-27-49(50)55-48)42-30-29-38(34-16-5-3-6-17-34)40-22-11-12-23-41(40)42/h3-33H,1-2H3. The molecule has 0 amide bonds. The molecule has 0 atom stereocenters. The third-order valence-electron chi connectivity index (χ3n) is 11.8. The van der Waals surface area contributed by atoms with E-state index in [4.69, 9.17) is 0 Å². The monoisotopic (exact) mass is 719 g/mol. The molecule has 0 spiro atoms. The van der Waals surface area contributed by atoms with E-state index in [2.05, 4.69) is 207 Å². The maximum Gasteiger partial charge on any atom is 0.0621 e. The Morgan fingerprint density at radius 3 is 1.89 bits per heavy atom. The molecule has 0 saturated carbocycles. The molecule has 0 saturated heterocycles. The Kier molecular flexibility index (Phi) is 7.14. The molecule has 0 fully saturated rings. The van der Waals surface area contributed by atoms with Gasteiger partial charge in [0, 0.05) is 47.9 Å². The topological polar surface area (TPSA) is 3.24 Å². The first-order valence-electron chi connectivity index (χ1n) is 19.1. The highest BCUT2D eigenvalue weighted by Gasteiger charge is 2.39. The third-order valence-corrected chi connectivity index (χ3v) is 13.0. The van der Waals surface area contributed by atoms with Gasteiger partial charge in [-0.05, 0) is 97.6 Å². The van der Waals surface area contributed by atoms with E-state index in [0.29, 0.717) is 0 Å². The summed E-state index contributed by atoms with van der Waals surface area (Å²) < 4.78 is 2.59. The zero-order chi connectivity index (χ0) is 36.7. The van der Waals surface area contributed by atoms with Crippen LogP contribution in [0.1, 0.15) is 25.0 Å². The summed E-state index contributed by atoms with van der Waals surface area (Å²) in [4.78, 5) is 2.52. The first-order valence-corrected chi connectivity index (χ1v) is 19.9. The number of fused-ring (bicyclic) bond motifs is 8. The molecule has 1 aliphatic rings. The van der Waals surface area contributed by atoms with E-state index in [-0.39, 0.29) is 5.41 Å². The number of rotatable bonds is 5. The Balaban J connectivity index is 1.19. The summed E-state index contributed by atoms with van der Waals surface area (Å²) in [6.07, 6.45) is 0. The Morgan fingerprint density at radius 2 is 1.07 bits per heavy atom. The average Bonchev–Trinajstić information content (AvgIpc) is 3.72. The van der Waals surface area contributed by atoms with Gasteiger partial charge in [-0.1, -0.05) is 159 Å². The van der Waals surface area contributed by atoms with Gasteiger partial charge in [0.25, 0.3) is 0 Å². The highest BCUT2D eigenvalue weighted by molar-refractivity contribution is 7.26.